The first kappa shape index (κ1) is 7.90. The first-order valence-corrected chi connectivity index (χ1v) is 5.36. The van der Waals surface area contributed by atoms with Crippen LogP contribution in [-0.2, 0) is 4.79 Å². The summed E-state index contributed by atoms with van der Waals surface area (Å²) in [6, 6.07) is 8.30. The molecule has 0 fully saturated rings. The molecule has 1 aromatic rings. The lowest BCUT2D eigenvalue weighted by Gasteiger charge is -2.01. The van der Waals surface area contributed by atoms with Gasteiger partial charge in [-0.1, -0.05) is 26.4 Å². The van der Waals surface area contributed by atoms with Crippen LogP contribution in [0.15, 0.2) is 47.8 Å². The van der Waals surface area contributed by atoms with Crippen LogP contribution in [0.2, 0.25) is 0 Å². The monoisotopic (exact) mass is 198 g/mol. The van der Waals surface area contributed by atoms with E-state index in [9.17, 15) is 4.79 Å². The Morgan fingerprint density at radius 3 is 2.86 bits per heavy atom. The Bertz CT molecular complexity index is 605. The van der Waals surface area contributed by atoms with E-state index in [0.717, 1.165) is 13.5 Å². The van der Waals surface area contributed by atoms with E-state index < -0.39 is 0 Å². The fraction of sp³-hybridized carbons (Fsp3) is 0. The third-order valence-corrected chi connectivity index (χ3v) is 3.65. The van der Waals surface area contributed by atoms with Crippen molar-refractivity contribution in [2.24, 2.45) is 0 Å². The van der Waals surface area contributed by atoms with Gasteiger partial charge in [-0.2, -0.15) is 0 Å². The Morgan fingerprint density at radius 1 is 1.07 bits per heavy atom. The fourth-order valence-corrected chi connectivity index (χ4v) is 3.00. The summed E-state index contributed by atoms with van der Waals surface area (Å²) in [4.78, 5) is 12.5. The summed E-state index contributed by atoms with van der Waals surface area (Å²) < 4.78 is 0. The van der Waals surface area contributed by atoms with Gasteiger partial charge in [0.1, 0.15) is 0 Å². The lowest BCUT2D eigenvalue weighted by molar-refractivity contribution is -0.110. The molecule has 0 spiro atoms. The van der Waals surface area contributed by atoms with E-state index in [1.165, 1.54) is 15.7 Å². The molecule has 2 heteroatoms. The van der Waals surface area contributed by atoms with E-state index in [4.69, 9.17) is 0 Å². The molecule has 1 heterocycles. The molecular formula is C12H7OP. The molecule has 0 amide bonds. The van der Waals surface area contributed by atoms with Crippen molar-refractivity contribution >= 4 is 19.6 Å². The van der Waals surface area contributed by atoms with Crippen molar-refractivity contribution in [3.63, 3.8) is 0 Å². The van der Waals surface area contributed by atoms with Crippen molar-refractivity contribution in [2.45, 2.75) is 0 Å². The second-order valence-corrected chi connectivity index (χ2v) is 4.50. The molecule has 0 unspecified atom stereocenters. The minimum atomic E-state index is 0.101. The van der Waals surface area contributed by atoms with Crippen molar-refractivity contribution in [1.82, 2.24) is 0 Å². The van der Waals surface area contributed by atoms with Gasteiger partial charge in [0, 0.05) is 10.3 Å². The Hall–Kier alpha value is -1.46. The maximum absolute atomic E-state index is 11.2. The summed E-state index contributed by atoms with van der Waals surface area (Å²) in [6.45, 7) is 0. The molecule has 2 aliphatic rings. The van der Waals surface area contributed by atoms with Crippen LogP contribution in [-0.4, -0.2) is 5.78 Å². The minimum Gasteiger partial charge on any atom is -0.290 e. The molecule has 14 heavy (non-hydrogen) atoms. The Balaban J connectivity index is 2.45. The smallest absolute Gasteiger partial charge is 0.179 e. The lowest BCUT2D eigenvalue weighted by atomic mass is 10.1. The second kappa shape index (κ2) is 2.76. The normalized spacial score (nSPS) is 18.4. The van der Waals surface area contributed by atoms with Crippen LogP contribution in [0.3, 0.4) is 0 Å². The van der Waals surface area contributed by atoms with E-state index in [-0.39, 0.29) is 5.78 Å². The summed E-state index contributed by atoms with van der Waals surface area (Å²) in [5, 5.41) is 2.41. The third-order valence-electron chi connectivity index (χ3n) is 2.40. The minimum absolute atomic E-state index is 0.101. The highest BCUT2D eigenvalue weighted by Gasteiger charge is 2.13. The summed E-state index contributed by atoms with van der Waals surface area (Å²) in [5.41, 5.74) is 1.21. The first-order valence-electron chi connectivity index (χ1n) is 4.47. The maximum atomic E-state index is 11.2. The van der Waals surface area contributed by atoms with Crippen molar-refractivity contribution in [3.05, 3.63) is 58.0 Å². The SMILES string of the molecule is O=C1C=CC2=c3ccccc3=PC2=C1. The van der Waals surface area contributed by atoms with E-state index >= 15 is 0 Å². The third kappa shape index (κ3) is 1.03. The van der Waals surface area contributed by atoms with E-state index in [1.54, 1.807) is 12.2 Å². The van der Waals surface area contributed by atoms with Crippen LogP contribution in [0.25, 0.3) is 5.57 Å². The zero-order valence-corrected chi connectivity index (χ0v) is 8.29. The molecule has 1 aliphatic heterocycles. The van der Waals surface area contributed by atoms with E-state index in [2.05, 4.69) is 12.1 Å². The van der Waals surface area contributed by atoms with Crippen molar-refractivity contribution in [2.75, 3.05) is 0 Å². The predicted octanol–water partition coefficient (Wildman–Crippen LogP) is 2.07. The number of hydrogen-bond donors (Lipinski definition) is 0. The highest BCUT2D eigenvalue weighted by atomic mass is 31.1. The fourth-order valence-electron chi connectivity index (χ4n) is 1.76. The molecule has 3 rings (SSSR count). The largest absolute Gasteiger partial charge is 0.290 e. The number of carbonyl (C=O) groups excluding carboxylic acids is 1. The molecule has 66 valence electrons. The highest BCUT2D eigenvalue weighted by Crippen LogP contribution is 2.32. The van der Waals surface area contributed by atoms with Gasteiger partial charge in [0.05, 0.1) is 0 Å². The van der Waals surface area contributed by atoms with Crippen LogP contribution >= 0.6 is 8.20 Å². The molecule has 0 aromatic heterocycles. The van der Waals surface area contributed by atoms with Gasteiger partial charge in [-0.05, 0) is 35.1 Å². The van der Waals surface area contributed by atoms with E-state index in [1.807, 2.05) is 18.2 Å². The molecule has 0 atom stereocenters. The zero-order valence-electron chi connectivity index (χ0n) is 7.40. The average Bonchev–Trinajstić information content (AvgIpc) is 2.54. The number of rotatable bonds is 0. The quantitative estimate of drug-likeness (QED) is 0.583. The van der Waals surface area contributed by atoms with Gasteiger partial charge >= 0.3 is 0 Å². The number of benzene rings is 1. The molecule has 0 saturated carbocycles. The average molecular weight is 198 g/mol. The highest BCUT2D eigenvalue weighted by molar-refractivity contribution is 7.36. The van der Waals surface area contributed by atoms with Crippen LogP contribution < -0.4 is 5.22 Å². The van der Waals surface area contributed by atoms with E-state index in [0.29, 0.717) is 0 Å². The molecule has 1 aromatic carbocycles. The summed E-state index contributed by atoms with van der Waals surface area (Å²) in [5.74, 6) is 0.101. The summed E-state index contributed by atoms with van der Waals surface area (Å²) in [6.07, 6.45) is 5.30. The molecule has 0 saturated heterocycles. The topological polar surface area (TPSA) is 17.1 Å². The number of carbonyl (C=O) groups is 1. The van der Waals surface area contributed by atoms with Crippen LogP contribution in [0, 0.1) is 4.94 Å². The van der Waals surface area contributed by atoms with Gasteiger partial charge in [0.15, 0.2) is 5.78 Å². The molecular weight excluding hydrogens is 191 g/mol. The van der Waals surface area contributed by atoms with Crippen LogP contribution in [0.1, 0.15) is 0 Å². The molecule has 0 bridgehead atoms. The Labute approximate surface area is 82.9 Å². The predicted molar refractivity (Wildman–Crippen MR) is 57.5 cm³/mol. The van der Waals surface area contributed by atoms with Crippen molar-refractivity contribution in [1.29, 1.82) is 0 Å². The van der Waals surface area contributed by atoms with Gasteiger partial charge < -0.3 is 0 Å². The number of fused-ring (bicyclic) bond motifs is 2. The van der Waals surface area contributed by atoms with Crippen LogP contribution in [0.5, 0.6) is 0 Å². The Morgan fingerprint density at radius 2 is 1.93 bits per heavy atom. The van der Waals surface area contributed by atoms with Gasteiger partial charge in [-0.3, -0.25) is 4.79 Å². The van der Waals surface area contributed by atoms with Gasteiger partial charge in [-0.25, -0.2) is 0 Å². The van der Waals surface area contributed by atoms with Gasteiger partial charge in [0.2, 0.25) is 0 Å². The standard InChI is InChI=1S/C12H7OP/c13-8-5-6-10-9-3-1-2-4-11(9)14-12(10)7-8/h1-7H. The molecule has 0 radical (unpaired) electrons. The molecule has 0 N–H and O–H groups in total. The molecule has 1 nitrogen and oxygen atoms in total. The van der Waals surface area contributed by atoms with Crippen LogP contribution in [0.4, 0.5) is 0 Å². The number of allylic oxidation sites excluding steroid dienone is 4. The summed E-state index contributed by atoms with van der Waals surface area (Å²) >= 11 is 0. The lowest BCUT2D eigenvalue weighted by Crippen LogP contribution is -2.04. The maximum Gasteiger partial charge on any atom is 0.179 e. The zero-order chi connectivity index (χ0) is 9.54. The van der Waals surface area contributed by atoms with Crippen molar-refractivity contribution in [3.8, 4) is 0 Å². The van der Waals surface area contributed by atoms with Gasteiger partial charge in [-0.15, -0.1) is 0 Å². The van der Waals surface area contributed by atoms with Crippen molar-refractivity contribution < 1.29 is 4.79 Å². The number of hydrogen-bond acceptors (Lipinski definition) is 1. The summed E-state index contributed by atoms with van der Waals surface area (Å²) in [7, 11) is 1.16. The molecule has 1 aliphatic carbocycles. The van der Waals surface area contributed by atoms with Gasteiger partial charge in [0.25, 0.3) is 0 Å². The number of ketones is 1. The first-order chi connectivity index (χ1) is 6.84. The second-order valence-electron chi connectivity index (χ2n) is 3.31. The Kier molecular flexibility index (Phi) is 1.56.